The molecule has 4 rings (SSSR count). The normalized spacial score (nSPS) is 17.8. The van der Waals surface area contributed by atoms with E-state index in [1.165, 1.54) is 0 Å². The van der Waals surface area contributed by atoms with E-state index in [0.29, 0.717) is 5.69 Å². The number of aliphatic carboxylic acids is 1. The summed E-state index contributed by atoms with van der Waals surface area (Å²) in [4.78, 5) is 23.0. The summed E-state index contributed by atoms with van der Waals surface area (Å²) in [7, 11) is 0. The summed E-state index contributed by atoms with van der Waals surface area (Å²) >= 11 is 0. The van der Waals surface area contributed by atoms with Crippen LogP contribution in [0, 0.1) is 0 Å². The number of benzene rings is 3. The Morgan fingerprint density at radius 3 is 1.94 bits per heavy atom. The number of hydrogen-bond acceptors (Lipinski definition) is 4. The molecule has 1 aliphatic carbocycles. The van der Waals surface area contributed by atoms with Gasteiger partial charge in [-0.3, -0.25) is 0 Å². The van der Waals surface area contributed by atoms with Gasteiger partial charge in [0.25, 0.3) is 0 Å². The Morgan fingerprint density at radius 2 is 1.41 bits per heavy atom. The fraction of sp³-hybridized carbons (Fsp3) is 0.0769. The largest absolute Gasteiger partial charge is 0.479 e. The molecule has 6 heteroatoms. The summed E-state index contributed by atoms with van der Waals surface area (Å²) in [5, 5.41) is 27.2. The number of aromatic carboxylic acids is 1. The maximum Gasteiger partial charge on any atom is 0.337 e. The van der Waals surface area contributed by atoms with E-state index in [1.54, 1.807) is 48.6 Å². The predicted molar refractivity (Wildman–Crippen MR) is 122 cm³/mol. The third-order valence-corrected chi connectivity index (χ3v) is 5.33. The van der Waals surface area contributed by atoms with E-state index >= 15 is 0 Å². The number of azo groups is 1. The second kappa shape index (κ2) is 8.81. The number of allylic oxidation sites excluding steroid dienone is 2. The maximum atomic E-state index is 12.0. The van der Waals surface area contributed by atoms with Crippen molar-refractivity contribution in [3.8, 4) is 11.1 Å². The number of nitrogens with zero attached hydrogens (tertiary/aromatic N) is 2. The minimum absolute atomic E-state index is 0.209. The second-order valence-electron chi connectivity index (χ2n) is 7.42. The van der Waals surface area contributed by atoms with E-state index in [4.69, 9.17) is 5.11 Å². The fourth-order valence-corrected chi connectivity index (χ4v) is 3.42. The van der Waals surface area contributed by atoms with Crippen molar-refractivity contribution in [3.63, 3.8) is 0 Å². The highest BCUT2D eigenvalue weighted by Crippen LogP contribution is 2.32. The molecule has 158 valence electrons. The quantitative estimate of drug-likeness (QED) is 0.474. The molecule has 3 aromatic rings. The van der Waals surface area contributed by atoms with Gasteiger partial charge in [-0.25, -0.2) is 9.59 Å². The van der Waals surface area contributed by atoms with E-state index in [0.717, 1.165) is 22.3 Å². The van der Waals surface area contributed by atoms with E-state index < -0.39 is 17.5 Å². The second-order valence-corrected chi connectivity index (χ2v) is 7.42. The average molecular weight is 424 g/mol. The summed E-state index contributed by atoms with van der Waals surface area (Å²) in [5.74, 6) is -2.03. The number of rotatable bonds is 6. The summed E-state index contributed by atoms with van der Waals surface area (Å²) in [6.07, 6.45) is 5.43. The number of carboxylic acid groups (broad SMARTS) is 2. The van der Waals surface area contributed by atoms with Crippen LogP contribution in [-0.4, -0.2) is 27.7 Å². The molecule has 2 N–H and O–H groups in total. The van der Waals surface area contributed by atoms with Crippen molar-refractivity contribution in [3.05, 3.63) is 108 Å². The van der Waals surface area contributed by atoms with Crippen molar-refractivity contribution < 1.29 is 19.8 Å². The van der Waals surface area contributed by atoms with Gasteiger partial charge in [-0.2, -0.15) is 10.2 Å². The summed E-state index contributed by atoms with van der Waals surface area (Å²) in [6.45, 7) is 0. The highest BCUT2D eigenvalue weighted by atomic mass is 16.4. The first-order valence-electron chi connectivity index (χ1n) is 10.0. The van der Waals surface area contributed by atoms with Crippen LogP contribution < -0.4 is 0 Å². The molecule has 0 aromatic heterocycles. The molecule has 1 unspecified atom stereocenters. The van der Waals surface area contributed by atoms with Gasteiger partial charge in [-0.05, 0) is 52.6 Å². The molecule has 6 nitrogen and oxygen atoms in total. The highest BCUT2D eigenvalue weighted by molar-refractivity contribution is 5.88. The van der Waals surface area contributed by atoms with Gasteiger partial charge in [0.15, 0.2) is 0 Å². The van der Waals surface area contributed by atoms with Crippen LogP contribution in [0.15, 0.2) is 107 Å². The molecule has 0 saturated carbocycles. The molecular formula is C26H20N2O4. The third-order valence-electron chi connectivity index (χ3n) is 5.33. The Kier molecular flexibility index (Phi) is 5.77. The molecule has 3 aromatic carbocycles. The number of hydrogen-bond donors (Lipinski definition) is 2. The Labute approximate surface area is 184 Å². The Bertz CT molecular complexity index is 1230. The van der Waals surface area contributed by atoms with Crippen LogP contribution in [-0.2, 0) is 4.79 Å². The Balaban J connectivity index is 1.51. The zero-order chi connectivity index (χ0) is 22.6. The fourth-order valence-electron chi connectivity index (χ4n) is 3.42. The molecule has 32 heavy (non-hydrogen) atoms. The molecule has 0 heterocycles. The first-order chi connectivity index (χ1) is 15.5. The topological polar surface area (TPSA) is 99.3 Å². The lowest BCUT2D eigenvalue weighted by Gasteiger charge is -2.22. The van der Waals surface area contributed by atoms with Crippen LogP contribution in [0.1, 0.15) is 22.3 Å². The van der Waals surface area contributed by atoms with Crippen LogP contribution in [0.5, 0.6) is 0 Å². The lowest BCUT2D eigenvalue weighted by Crippen LogP contribution is -2.34. The standard InChI is InChI=1S/C26H20N2O4/c29-24(30)22-8-6-19(7-9-22)20-10-12-23(13-11-20)27-28-26(25(31)32)16-14-21(15-17-26)18-4-2-1-3-5-18/h1-16H,17H2,(H,29,30)(H,31,32). The molecule has 0 amide bonds. The maximum absolute atomic E-state index is 12.0. The van der Waals surface area contributed by atoms with E-state index in [1.807, 2.05) is 48.5 Å². The van der Waals surface area contributed by atoms with E-state index in [2.05, 4.69) is 10.2 Å². The van der Waals surface area contributed by atoms with Crippen molar-refractivity contribution in [2.75, 3.05) is 0 Å². The monoisotopic (exact) mass is 424 g/mol. The smallest absolute Gasteiger partial charge is 0.337 e. The van der Waals surface area contributed by atoms with E-state index in [9.17, 15) is 14.7 Å². The van der Waals surface area contributed by atoms with Gasteiger partial charge in [-0.1, -0.05) is 66.7 Å². The first kappa shape index (κ1) is 20.9. The van der Waals surface area contributed by atoms with Crippen LogP contribution in [0.4, 0.5) is 5.69 Å². The predicted octanol–water partition coefficient (Wildman–Crippen LogP) is 6.00. The lowest BCUT2D eigenvalue weighted by atomic mass is 9.87. The minimum Gasteiger partial charge on any atom is -0.479 e. The van der Waals surface area contributed by atoms with Crippen LogP contribution in [0.2, 0.25) is 0 Å². The van der Waals surface area contributed by atoms with Gasteiger partial charge >= 0.3 is 11.9 Å². The van der Waals surface area contributed by atoms with Gasteiger partial charge in [0.2, 0.25) is 5.54 Å². The van der Waals surface area contributed by atoms with Crippen LogP contribution >= 0.6 is 0 Å². The molecule has 0 fully saturated rings. The van der Waals surface area contributed by atoms with Crippen molar-refractivity contribution >= 4 is 23.2 Å². The van der Waals surface area contributed by atoms with Crippen molar-refractivity contribution in [1.29, 1.82) is 0 Å². The van der Waals surface area contributed by atoms with Crippen molar-refractivity contribution in [1.82, 2.24) is 0 Å². The van der Waals surface area contributed by atoms with Crippen LogP contribution in [0.3, 0.4) is 0 Å². The van der Waals surface area contributed by atoms with Gasteiger partial charge in [0.05, 0.1) is 11.3 Å². The molecular weight excluding hydrogens is 404 g/mol. The van der Waals surface area contributed by atoms with Crippen molar-refractivity contribution in [2.24, 2.45) is 10.2 Å². The summed E-state index contributed by atoms with van der Waals surface area (Å²) in [5.41, 5.74) is 3.05. The lowest BCUT2D eigenvalue weighted by molar-refractivity contribution is -0.141. The number of carboxylic acids is 2. The minimum atomic E-state index is -1.44. The van der Waals surface area contributed by atoms with Gasteiger partial charge in [-0.15, -0.1) is 0 Å². The molecule has 0 spiro atoms. The van der Waals surface area contributed by atoms with Gasteiger partial charge in [0.1, 0.15) is 0 Å². The molecule has 0 saturated heterocycles. The zero-order valence-electron chi connectivity index (χ0n) is 17.1. The molecule has 1 atom stereocenters. The average Bonchev–Trinajstić information content (AvgIpc) is 2.84. The van der Waals surface area contributed by atoms with Gasteiger partial charge in [0, 0.05) is 6.42 Å². The van der Waals surface area contributed by atoms with Crippen LogP contribution in [0.25, 0.3) is 16.7 Å². The zero-order valence-corrected chi connectivity index (χ0v) is 17.1. The molecule has 0 bridgehead atoms. The third kappa shape index (κ3) is 4.39. The SMILES string of the molecule is O=C(O)c1ccc(-c2ccc(N=NC3(C(=O)O)C=CC(c4ccccc4)=CC3)cc2)cc1. The Hall–Kier alpha value is -4.32. The van der Waals surface area contributed by atoms with Gasteiger partial charge < -0.3 is 10.2 Å². The summed E-state index contributed by atoms with van der Waals surface area (Å²) < 4.78 is 0. The Morgan fingerprint density at radius 1 is 0.781 bits per heavy atom. The first-order valence-corrected chi connectivity index (χ1v) is 10.0. The summed E-state index contributed by atoms with van der Waals surface area (Å²) in [6, 6.07) is 23.5. The van der Waals surface area contributed by atoms with E-state index in [-0.39, 0.29) is 12.0 Å². The van der Waals surface area contributed by atoms with Crippen molar-refractivity contribution in [2.45, 2.75) is 12.0 Å². The highest BCUT2D eigenvalue weighted by Gasteiger charge is 2.37. The molecule has 0 aliphatic heterocycles. The molecule has 0 radical (unpaired) electrons. The number of carbonyl (C=O) groups is 2. The molecule has 1 aliphatic rings.